The number of carbonyl (C=O) groups excluding carboxylic acids is 2. The molecule has 1 aliphatic rings. The van der Waals surface area contributed by atoms with Gasteiger partial charge in [0.25, 0.3) is 11.1 Å². The number of imide groups is 1. The third-order valence-electron chi connectivity index (χ3n) is 4.53. The van der Waals surface area contributed by atoms with E-state index in [4.69, 9.17) is 11.6 Å². The Morgan fingerprint density at radius 3 is 2.64 bits per heavy atom. The summed E-state index contributed by atoms with van der Waals surface area (Å²) in [6.07, 6.45) is 3.87. The van der Waals surface area contributed by atoms with Crippen LogP contribution in [0.4, 0.5) is 10.5 Å². The van der Waals surface area contributed by atoms with E-state index in [1.54, 1.807) is 24.3 Å². The fraction of sp³-hybridized carbons (Fsp3) is 0.182. The van der Waals surface area contributed by atoms with Crippen LogP contribution in [0.15, 0.2) is 59.6 Å². The monoisotopic (exact) mass is 410 g/mol. The van der Waals surface area contributed by atoms with Crippen molar-refractivity contribution < 1.29 is 9.59 Å². The van der Waals surface area contributed by atoms with Crippen LogP contribution in [-0.4, -0.2) is 15.7 Å². The highest BCUT2D eigenvalue weighted by Crippen LogP contribution is 2.37. The molecule has 6 heteroatoms. The molecular weight excluding hydrogens is 392 g/mol. The van der Waals surface area contributed by atoms with Crippen molar-refractivity contribution in [2.45, 2.75) is 20.4 Å². The molecule has 4 rings (SSSR count). The second-order valence-corrected chi connectivity index (χ2v) is 8.57. The largest absolute Gasteiger partial charge is 0.347 e. The number of rotatable bonds is 4. The Hall–Kier alpha value is -2.50. The van der Waals surface area contributed by atoms with Crippen molar-refractivity contribution in [3.63, 3.8) is 0 Å². The number of aromatic nitrogens is 1. The summed E-state index contributed by atoms with van der Waals surface area (Å²) in [5, 5.41) is 1.24. The van der Waals surface area contributed by atoms with Gasteiger partial charge in [0.2, 0.25) is 0 Å². The standard InChI is InChI=1S/C22H19ClN2O2S/c1-14(2)12-24-13-15(18-8-3-4-9-19(18)24)10-20-21(26)25(22(27)28-20)17-7-5-6-16(23)11-17/h3-11,13-14H,12H2,1-2H3/b20-10-. The lowest BCUT2D eigenvalue weighted by Gasteiger charge is -2.12. The predicted octanol–water partition coefficient (Wildman–Crippen LogP) is 6.19. The Morgan fingerprint density at radius 2 is 1.89 bits per heavy atom. The Labute approximate surface area is 172 Å². The zero-order valence-electron chi connectivity index (χ0n) is 15.6. The van der Waals surface area contributed by atoms with Crippen LogP contribution in [0.2, 0.25) is 5.02 Å². The van der Waals surface area contributed by atoms with Crippen molar-refractivity contribution in [3.8, 4) is 0 Å². The predicted molar refractivity (Wildman–Crippen MR) is 117 cm³/mol. The van der Waals surface area contributed by atoms with Crippen molar-refractivity contribution in [2.24, 2.45) is 5.92 Å². The minimum atomic E-state index is -0.321. The molecule has 4 nitrogen and oxygen atoms in total. The molecule has 0 unspecified atom stereocenters. The van der Waals surface area contributed by atoms with E-state index in [1.165, 1.54) is 4.90 Å². The quantitative estimate of drug-likeness (QED) is 0.481. The third-order valence-corrected chi connectivity index (χ3v) is 5.63. The number of para-hydroxylation sites is 1. The highest BCUT2D eigenvalue weighted by atomic mass is 35.5. The van der Waals surface area contributed by atoms with Crippen molar-refractivity contribution in [2.75, 3.05) is 4.90 Å². The Morgan fingerprint density at radius 1 is 1.11 bits per heavy atom. The first-order valence-electron chi connectivity index (χ1n) is 9.05. The highest BCUT2D eigenvalue weighted by Gasteiger charge is 2.36. The molecule has 0 atom stereocenters. The van der Waals surface area contributed by atoms with Gasteiger partial charge in [-0.1, -0.05) is 49.7 Å². The van der Waals surface area contributed by atoms with Gasteiger partial charge in [-0.2, -0.15) is 0 Å². The summed E-state index contributed by atoms with van der Waals surface area (Å²) in [5.41, 5.74) is 2.55. The molecule has 0 aliphatic carbocycles. The number of anilines is 1. The smallest absolute Gasteiger partial charge is 0.298 e. The first kappa shape index (κ1) is 18.8. The molecule has 28 heavy (non-hydrogen) atoms. The Kier molecular flexibility index (Phi) is 5.04. The lowest BCUT2D eigenvalue weighted by Crippen LogP contribution is -2.27. The minimum absolute atomic E-state index is 0.315. The molecule has 2 heterocycles. The van der Waals surface area contributed by atoms with Gasteiger partial charge in [0.15, 0.2) is 0 Å². The molecular formula is C22H19ClN2O2S. The molecule has 2 aromatic carbocycles. The van der Waals surface area contributed by atoms with Gasteiger partial charge in [0.05, 0.1) is 10.6 Å². The SMILES string of the molecule is CC(C)Cn1cc(/C=C2\SC(=O)N(c3cccc(Cl)c3)C2=O)c2ccccc21. The number of carbonyl (C=O) groups is 2. The van der Waals surface area contributed by atoms with E-state index < -0.39 is 0 Å². The summed E-state index contributed by atoms with van der Waals surface area (Å²) in [6, 6.07) is 14.9. The van der Waals surface area contributed by atoms with E-state index in [-0.39, 0.29) is 11.1 Å². The van der Waals surface area contributed by atoms with Crippen LogP contribution in [0.3, 0.4) is 0 Å². The van der Waals surface area contributed by atoms with Crippen molar-refractivity contribution in [1.82, 2.24) is 4.57 Å². The van der Waals surface area contributed by atoms with Gasteiger partial charge in [-0.3, -0.25) is 9.59 Å². The number of hydrogen-bond acceptors (Lipinski definition) is 3. The Bertz CT molecular complexity index is 1120. The molecule has 3 aromatic rings. The number of fused-ring (bicyclic) bond motifs is 1. The summed E-state index contributed by atoms with van der Waals surface area (Å²) >= 11 is 6.98. The van der Waals surface area contributed by atoms with E-state index in [0.29, 0.717) is 21.5 Å². The second kappa shape index (κ2) is 7.49. The van der Waals surface area contributed by atoms with Gasteiger partial charge in [-0.05, 0) is 48.0 Å². The van der Waals surface area contributed by atoms with Gasteiger partial charge < -0.3 is 4.57 Å². The topological polar surface area (TPSA) is 42.3 Å². The van der Waals surface area contributed by atoms with Crippen LogP contribution in [0, 0.1) is 5.92 Å². The molecule has 142 valence electrons. The number of benzene rings is 2. The van der Waals surface area contributed by atoms with Gasteiger partial charge >= 0.3 is 0 Å². The number of hydrogen-bond donors (Lipinski definition) is 0. The van der Waals surface area contributed by atoms with E-state index in [9.17, 15) is 9.59 Å². The van der Waals surface area contributed by atoms with Gasteiger partial charge in [0.1, 0.15) is 0 Å². The summed E-state index contributed by atoms with van der Waals surface area (Å²) < 4.78 is 2.20. The maximum Gasteiger partial charge on any atom is 0.298 e. The van der Waals surface area contributed by atoms with E-state index in [1.807, 2.05) is 24.3 Å². The van der Waals surface area contributed by atoms with Crippen LogP contribution in [-0.2, 0) is 11.3 Å². The highest BCUT2D eigenvalue weighted by molar-refractivity contribution is 8.19. The van der Waals surface area contributed by atoms with E-state index in [0.717, 1.165) is 34.8 Å². The average molecular weight is 411 g/mol. The van der Waals surface area contributed by atoms with Crippen LogP contribution in [0.1, 0.15) is 19.4 Å². The lowest BCUT2D eigenvalue weighted by atomic mass is 10.1. The van der Waals surface area contributed by atoms with E-state index in [2.05, 4.69) is 30.7 Å². The zero-order chi connectivity index (χ0) is 19.8. The van der Waals surface area contributed by atoms with Crippen LogP contribution >= 0.6 is 23.4 Å². The van der Waals surface area contributed by atoms with Gasteiger partial charge in [-0.15, -0.1) is 0 Å². The molecule has 1 aliphatic heterocycles. The van der Waals surface area contributed by atoms with Crippen molar-refractivity contribution >= 4 is 57.2 Å². The normalized spacial score (nSPS) is 16.1. The maximum atomic E-state index is 12.9. The number of amides is 2. The number of nitrogens with zero attached hydrogens (tertiary/aromatic N) is 2. The number of halogens is 1. The maximum absolute atomic E-state index is 12.9. The minimum Gasteiger partial charge on any atom is -0.347 e. The molecule has 0 saturated carbocycles. The summed E-state index contributed by atoms with van der Waals surface area (Å²) in [6.45, 7) is 5.23. The van der Waals surface area contributed by atoms with Crippen LogP contribution in [0.25, 0.3) is 17.0 Å². The molecule has 1 aromatic heterocycles. The lowest BCUT2D eigenvalue weighted by molar-refractivity contribution is -0.113. The average Bonchev–Trinajstić information content (AvgIpc) is 3.12. The summed E-state index contributed by atoms with van der Waals surface area (Å²) in [5.74, 6) is 0.177. The molecule has 0 bridgehead atoms. The fourth-order valence-electron chi connectivity index (χ4n) is 3.38. The number of thioether (sulfide) groups is 1. The third kappa shape index (κ3) is 3.48. The van der Waals surface area contributed by atoms with Crippen LogP contribution in [0.5, 0.6) is 0 Å². The second-order valence-electron chi connectivity index (χ2n) is 7.14. The summed E-state index contributed by atoms with van der Waals surface area (Å²) in [4.78, 5) is 27.0. The van der Waals surface area contributed by atoms with Crippen LogP contribution < -0.4 is 4.90 Å². The van der Waals surface area contributed by atoms with E-state index >= 15 is 0 Å². The van der Waals surface area contributed by atoms with Crippen molar-refractivity contribution in [1.29, 1.82) is 0 Å². The Balaban J connectivity index is 1.74. The fourth-order valence-corrected chi connectivity index (χ4v) is 4.40. The first-order valence-corrected chi connectivity index (χ1v) is 10.2. The molecule has 1 fully saturated rings. The van der Waals surface area contributed by atoms with Gasteiger partial charge in [0, 0.05) is 34.2 Å². The molecule has 0 spiro atoms. The molecule has 0 radical (unpaired) electrons. The molecule has 1 saturated heterocycles. The zero-order valence-corrected chi connectivity index (χ0v) is 17.1. The first-order chi connectivity index (χ1) is 13.4. The summed E-state index contributed by atoms with van der Waals surface area (Å²) in [7, 11) is 0. The molecule has 2 amide bonds. The van der Waals surface area contributed by atoms with Crippen molar-refractivity contribution in [3.05, 3.63) is 70.2 Å². The molecule has 0 N–H and O–H groups in total. The van der Waals surface area contributed by atoms with Gasteiger partial charge in [-0.25, -0.2) is 4.90 Å².